The second kappa shape index (κ2) is 6.00. The molecule has 2 heterocycles. The Labute approximate surface area is 120 Å². The summed E-state index contributed by atoms with van der Waals surface area (Å²) in [4.78, 5) is 21.6. The molecule has 1 aliphatic heterocycles. The van der Waals surface area contributed by atoms with E-state index in [1.54, 1.807) is 18.7 Å². The van der Waals surface area contributed by atoms with E-state index in [-0.39, 0.29) is 17.2 Å². The highest BCUT2D eigenvalue weighted by atomic mass is 16.3. The van der Waals surface area contributed by atoms with Gasteiger partial charge in [-0.1, -0.05) is 18.2 Å². The van der Waals surface area contributed by atoms with Crippen LogP contribution in [0.4, 0.5) is 0 Å². The van der Waals surface area contributed by atoms with Gasteiger partial charge in [-0.2, -0.15) is 5.11 Å². The SMILES string of the molecule is Cc1c(O)c(=O)n(-c2ccccc2)n1C.O=C1C=CN=N1. The molecule has 0 radical (unpaired) electrons. The number of hydrogen-bond donors (Lipinski definition) is 1. The minimum Gasteiger partial charge on any atom is -0.502 e. The van der Waals surface area contributed by atoms with Crippen molar-refractivity contribution in [1.82, 2.24) is 9.36 Å². The molecule has 0 unspecified atom stereocenters. The predicted molar refractivity (Wildman–Crippen MR) is 76.4 cm³/mol. The van der Waals surface area contributed by atoms with Crippen LogP contribution < -0.4 is 5.56 Å². The highest BCUT2D eigenvalue weighted by Crippen LogP contribution is 2.13. The first-order chi connectivity index (χ1) is 10.0. The van der Waals surface area contributed by atoms with Crippen molar-refractivity contribution in [2.45, 2.75) is 6.92 Å². The maximum atomic E-state index is 11.7. The molecule has 108 valence electrons. The van der Waals surface area contributed by atoms with Crippen molar-refractivity contribution in [1.29, 1.82) is 0 Å². The molecular weight excluding hydrogens is 272 g/mol. The van der Waals surface area contributed by atoms with E-state index in [1.165, 1.54) is 17.0 Å². The molecule has 7 nitrogen and oxygen atoms in total. The number of rotatable bonds is 1. The van der Waals surface area contributed by atoms with Gasteiger partial charge in [-0.3, -0.25) is 14.3 Å². The quantitative estimate of drug-likeness (QED) is 0.865. The zero-order valence-electron chi connectivity index (χ0n) is 11.6. The Kier molecular flexibility index (Phi) is 4.13. The number of amides is 1. The molecule has 0 atom stereocenters. The molecule has 0 spiro atoms. The fraction of sp³-hybridized carbons (Fsp3) is 0.143. The Morgan fingerprint density at radius 3 is 2.19 bits per heavy atom. The van der Waals surface area contributed by atoms with Crippen LogP contribution in [0.1, 0.15) is 5.69 Å². The van der Waals surface area contributed by atoms with E-state index in [2.05, 4.69) is 10.2 Å². The minimum atomic E-state index is -0.388. The van der Waals surface area contributed by atoms with Gasteiger partial charge in [0.25, 0.3) is 5.91 Å². The minimum absolute atomic E-state index is 0.193. The van der Waals surface area contributed by atoms with E-state index in [0.29, 0.717) is 5.69 Å². The number of benzene rings is 1. The summed E-state index contributed by atoms with van der Waals surface area (Å²) in [5, 5.41) is 15.9. The average molecular weight is 286 g/mol. The molecule has 1 aromatic carbocycles. The maximum Gasteiger partial charge on any atom is 0.313 e. The fourth-order valence-corrected chi connectivity index (χ4v) is 1.77. The number of aromatic nitrogens is 2. The Morgan fingerprint density at radius 1 is 1.14 bits per heavy atom. The Bertz CT molecular complexity index is 756. The normalized spacial score (nSPS) is 12.4. The van der Waals surface area contributed by atoms with Crippen LogP contribution in [0.25, 0.3) is 5.69 Å². The van der Waals surface area contributed by atoms with Crippen LogP contribution in [0.2, 0.25) is 0 Å². The second-order valence-corrected chi connectivity index (χ2v) is 4.28. The van der Waals surface area contributed by atoms with Crippen LogP contribution in [0, 0.1) is 6.92 Å². The topological polar surface area (TPSA) is 88.9 Å². The zero-order chi connectivity index (χ0) is 15.4. The van der Waals surface area contributed by atoms with Crippen molar-refractivity contribution in [2.75, 3.05) is 0 Å². The Morgan fingerprint density at radius 2 is 1.81 bits per heavy atom. The summed E-state index contributed by atoms with van der Waals surface area (Å²) in [6.45, 7) is 1.70. The molecule has 3 rings (SSSR count). The molecule has 1 amide bonds. The highest BCUT2D eigenvalue weighted by molar-refractivity contribution is 5.89. The number of azo groups is 1. The smallest absolute Gasteiger partial charge is 0.313 e. The average Bonchev–Trinajstić information content (AvgIpc) is 3.04. The summed E-state index contributed by atoms with van der Waals surface area (Å²) in [6, 6.07) is 9.22. The van der Waals surface area contributed by atoms with Crippen molar-refractivity contribution < 1.29 is 9.90 Å². The van der Waals surface area contributed by atoms with Gasteiger partial charge in [-0.05, 0) is 19.1 Å². The molecule has 7 heteroatoms. The number of carbonyl (C=O) groups is 1. The van der Waals surface area contributed by atoms with E-state index in [0.717, 1.165) is 5.69 Å². The number of para-hydroxylation sites is 1. The monoisotopic (exact) mass is 286 g/mol. The first-order valence-corrected chi connectivity index (χ1v) is 6.16. The molecule has 1 aromatic heterocycles. The van der Waals surface area contributed by atoms with Gasteiger partial charge in [0.15, 0.2) is 0 Å². The summed E-state index contributed by atoms with van der Waals surface area (Å²) >= 11 is 0. The molecule has 21 heavy (non-hydrogen) atoms. The fourth-order valence-electron chi connectivity index (χ4n) is 1.77. The largest absolute Gasteiger partial charge is 0.502 e. The van der Waals surface area contributed by atoms with E-state index in [9.17, 15) is 14.7 Å². The van der Waals surface area contributed by atoms with Crippen LogP contribution in [0.15, 0.2) is 57.6 Å². The highest BCUT2D eigenvalue weighted by Gasteiger charge is 2.13. The van der Waals surface area contributed by atoms with Crippen molar-refractivity contribution in [2.24, 2.45) is 17.3 Å². The Hall–Kier alpha value is -2.96. The molecule has 1 aliphatic rings. The molecule has 0 bridgehead atoms. The van der Waals surface area contributed by atoms with Gasteiger partial charge in [0.05, 0.1) is 17.6 Å². The number of nitrogens with zero attached hydrogens (tertiary/aromatic N) is 4. The lowest BCUT2D eigenvalue weighted by Gasteiger charge is -2.06. The summed E-state index contributed by atoms with van der Waals surface area (Å²) < 4.78 is 3.07. The van der Waals surface area contributed by atoms with Gasteiger partial charge in [-0.15, -0.1) is 5.11 Å². The van der Waals surface area contributed by atoms with Crippen molar-refractivity contribution in [3.63, 3.8) is 0 Å². The molecule has 0 fully saturated rings. The van der Waals surface area contributed by atoms with Crippen molar-refractivity contribution in [3.05, 3.63) is 58.7 Å². The first kappa shape index (κ1) is 14.4. The standard InChI is InChI=1S/C11H12N2O2.C3H2N2O/c1-8-10(14)11(15)13(12(8)2)9-6-4-3-5-7-9;6-3-1-2-4-5-3/h3-7,14H,1-2H3;1-2H. The lowest BCUT2D eigenvalue weighted by atomic mass is 10.3. The Balaban J connectivity index is 0.000000225. The summed E-state index contributed by atoms with van der Waals surface area (Å²) in [6.07, 6.45) is 2.67. The summed E-state index contributed by atoms with van der Waals surface area (Å²) in [5.41, 5.74) is 0.915. The van der Waals surface area contributed by atoms with Crippen LogP contribution in [-0.2, 0) is 11.8 Å². The van der Waals surface area contributed by atoms with Gasteiger partial charge < -0.3 is 5.11 Å². The van der Waals surface area contributed by atoms with E-state index < -0.39 is 0 Å². The van der Waals surface area contributed by atoms with E-state index in [1.807, 2.05) is 30.3 Å². The molecule has 0 saturated heterocycles. The third kappa shape index (κ3) is 2.97. The van der Waals surface area contributed by atoms with Gasteiger partial charge in [0.1, 0.15) is 0 Å². The maximum absolute atomic E-state index is 11.7. The van der Waals surface area contributed by atoms with Gasteiger partial charge >= 0.3 is 5.56 Å². The van der Waals surface area contributed by atoms with Crippen molar-refractivity contribution in [3.8, 4) is 11.4 Å². The van der Waals surface area contributed by atoms with Gasteiger partial charge in [-0.25, -0.2) is 4.68 Å². The predicted octanol–water partition coefficient (Wildman–Crippen LogP) is 1.68. The lowest BCUT2D eigenvalue weighted by Crippen LogP contribution is -2.19. The molecular formula is C14H14N4O3. The number of carbonyl (C=O) groups excluding carboxylic acids is 1. The van der Waals surface area contributed by atoms with Crippen molar-refractivity contribution >= 4 is 5.91 Å². The molecule has 1 N–H and O–H groups in total. The lowest BCUT2D eigenvalue weighted by molar-refractivity contribution is -0.113. The summed E-state index contributed by atoms with van der Waals surface area (Å²) in [7, 11) is 1.74. The first-order valence-electron chi connectivity index (χ1n) is 6.16. The number of hydrogen-bond acceptors (Lipinski definition) is 4. The summed E-state index contributed by atoms with van der Waals surface area (Å²) in [5.74, 6) is -0.462. The van der Waals surface area contributed by atoms with Gasteiger partial charge in [0, 0.05) is 13.1 Å². The second-order valence-electron chi connectivity index (χ2n) is 4.28. The number of aromatic hydroxyl groups is 1. The third-order valence-corrected chi connectivity index (χ3v) is 2.96. The molecule has 0 saturated carbocycles. The molecule has 2 aromatic rings. The van der Waals surface area contributed by atoms with Crippen LogP contribution in [0.5, 0.6) is 5.75 Å². The van der Waals surface area contributed by atoms with Gasteiger partial charge in [0.2, 0.25) is 5.75 Å². The van der Waals surface area contributed by atoms with Crippen LogP contribution >= 0.6 is 0 Å². The van der Waals surface area contributed by atoms with Crippen LogP contribution in [-0.4, -0.2) is 20.4 Å². The molecule has 0 aliphatic carbocycles. The van der Waals surface area contributed by atoms with Crippen LogP contribution in [0.3, 0.4) is 0 Å². The van der Waals surface area contributed by atoms with E-state index >= 15 is 0 Å². The third-order valence-electron chi connectivity index (χ3n) is 2.96. The zero-order valence-corrected chi connectivity index (χ0v) is 11.6. The van der Waals surface area contributed by atoms with E-state index in [4.69, 9.17) is 0 Å².